The van der Waals surface area contributed by atoms with Gasteiger partial charge in [0.25, 0.3) is 5.91 Å². The normalized spacial score (nSPS) is 10.1. The number of benzene rings is 1. The first-order valence-electron chi connectivity index (χ1n) is 8.16. The molecule has 2 aromatic rings. The molecule has 0 fully saturated rings. The number of ether oxygens (including phenoxy) is 2. The highest BCUT2D eigenvalue weighted by Gasteiger charge is 2.11. The molecule has 144 valence electrons. The Morgan fingerprint density at radius 2 is 1.93 bits per heavy atom. The molecule has 0 radical (unpaired) electrons. The van der Waals surface area contributed by atoms with Crippen LogP contribution in [0.2, 0.25) is 0 Å². The number of esters is 1. The Kier molecular flexibility index (Phi) is 7.68. The molecule has 10 heteroatoms. The molecule has 0 aliphatic heterocycles. The van der Waals surface area contributed by atoms with E-state index < -0.39 is 18.5 Å². The number of hydrogen-bond donors (Lipinski definition) is 2. The van der Waals surface area contributed by atoms with Gasteiger partial charge in [-0.25, -0.2) is 0 Å². The van der Waals surface area contributed by atoms with Crippen molar-refractivity contribution >= 4 is 39.9 Å². The van der Waals surface area contributed by atoms with Gasteiger partial charge < -0.3 is 20.1 Å². The molecule has 0 bridgehead atoms. The summed E-state index contributed by atoms with van der Waals surface area (Å²) < 4.78 is 9.96. The molecule has 0 saturated heterocycles. The molecular formula is C17H20N4O5S. The van der Waals surface area contributed by atoms with Crippen LogP contribution in [0.4, 0.5) is 10.8 Å². The zero-order valence-electron chi connectivity index (χ0n) is 15.0. The van der Waals surface area contributed by atoms with Crippen LogP contribution in [0.25, 0.3) is 0 Å². The Morgan fingerprint density at radius 1 is 1.11 bits per heavy atom. The lowest BCUT2D eigenvalue weighted by Gasteiger charge is -2.08. The summed E-state index contributed by atoms with van der Waals surface area (Å²) in [5, 5.41) is 14.0. The number of nitrogens with one attached hydrogen (secondary N) is 2. The van der Waals surface area contributed by atoms with Gasteiger partial charge in [-0.2, -0.15) is 0 Å². The lowest BCUT2D eigenvalue weighted by molar-refractivity contribution is -0.147. The molecule has 0 unspecified atom stereocenters. The number of carbonyl (C=O) groups is 3. The van der Waals surface area contributed by atoms with E-state index in [1.165, 1.54) is 18.4 Å². The SMILES string of the molecule is COc1cccc(NC(=O)COC(=O)CCCC(=O)Nc2nnc(C)s2)c1. The first kappa shape index (κ1) is 20.3. The second-order valence-electron chi connectivity index (χ2n) is 5.47. The monoisotopic (exact) mass is 392 g/mol. The van der Waals surface area contributed by atoms with Crippen LogP contribution in [0.15, 0.2) is 24.3 Å². The van der Waals surface area contributed by atoms with Crippen molar-refractivity contribution in [2.45, 2.75) is 26.2 Å². The second kappa shape index (κ2) is 10.2. The average molecular weight is 392 g/mol. The molecule has 0 atom stereocenters. The molecule has 1 aromatic heterocycles. The highest BCUT2D eigenvalue weighted by atomic mass is 32.1. The Labute approximate surface area is 160 Å². The quantitative estimate of drug-likeness (QED) is 0.627. The molecule has 9 nitrogen and oxygen atoms in total. The van der Waals surface area contributed by atoms with Gasteiger partial charge in [-0.15, -0.1) is 10.2 Å². The first-order valence-corrected chi connectivity index (χ1v) is 8.97. The number of anilines is 2. The van der Waals surface area contributed by atoms with E-state index in [0.29, 0.717) is 23.0 Å². The summed E-state index contributed by atoms with van der Waals surface area (Å²) in [6, 6.07) is 6.82. The smallest absolute Gasteiger partial charge is 0.306 e. The molecule has 27 heavy (non-hydrogen) atoms. The fourth-order valence-electron chi connectivity index (χ4n) is 2.04. The molecule has 0 aliphatic rings. The van der Waals surface area contributed by atoms with E-state index >= 15 is 0 Å². The minimum absolute atomic E-state index is 0.0367. The van der Waals surface area contributed by atoms with Gasteiger partial charge in [-0.3, -0.25) is 14.4 Å². The van der Waals surface area contributed by atoms with Crippen molar-refractivity contribution in [2.24, 2.45) is 0 Å². The van der Waals surface area contributed by atoms with Crippen molar-refractivity contribution in [3.8, 4) is 5.75 Å². The van der Waals surface area contributed by atoms with Gasteiger partial charge in [0.2, 0.25) is 11.0 Å². The van der Waals surface area contributed by atoms with Crippen molar-refractivity contribution in [2.75, 3.05) is 24.4 Å². The molecule has 2 rings (SSSR count). The predicted molar refractivity (Wildman–Crippen MR) is 99.7 cm³/mol. The standard InChI is InChI=1S/C17H20N4O5S/c1-11-20-21-17(27-11)19-14(22)7-4-8-16(24)26-10-15(23)18-12-5-3-6-13(9-12)25-2/h3,5-6,9H,4,7-8,10H2,1-2H3,(H,18,23)(H,19,21,22). The van der Waals surface area contributed by atoms with Crippen LogP contribution >= 0.6 is 11.3 Å². The van der Waals surface area contributed by atoms with Crippen molar-refractivity contribution in [3.63, 3.8) is 0 Å². The maximum absolute atomic E-state index is 11.8. The zero-order valence-corrected chi connectivity index (χ0v) is 15.8. The molecule has 1 aromatic carbocycles. The van der Waals surface area contributed by atoms with Crippen LogP contribution < -0.4 is 15.4 Å². The van der Waals surface area contributed by atoms with Gasteiger partial charge in [0.1, 0.15) is 10.8 Å². The predicted octanol–water partition coefficient (Wildman–Crippen LogP) is 2.15. The third-order valence-electron chi connectivity index (χ3n) is 3.27. The number of aryl methyl sites for hydroxylation is 1. The van der Waals surface area contributed by atoms with E-state index in [4.69, 9.17) is 9.47 Å². The van der Waals surface area contributed by atoms with Gasteiger partial charge in [0.05, 0.1) is 7.11 Å². The zero-order chi connectivity index (χ0) is 19.6. The number of hydrogen-bond acceptors (Lipinski definition) is 8. The van der Waals surface area contributed by atoms with Gasteiger partial charge in [0, 0.05) is 24.6 Å². The minimum Gasteiger partial charge on any atom is -0.497 e. The second-order valence-corrected chi connectivity index (χ2v) is 6.65. The molecule has 0 spiro atoms. The number of aromatic nitrogens is 2. The third-order valence-corrected chi connectivity index (χ3v) is 4.03. The van der Waals surface area contributed by atoms with E-state index in [1.807, 2.05) is 0 Å². The van der Waals surface area contributed by atoms with Crippen molar-refractivity contribution in [1.29, 1.82) is 0 Å². The summed E-state index contributed by atoms with van der Waals surface area (Å²) >= 11 is 1.27. The summed E-state index contributed by atoms with van der Waals surface area (Å²) in [6.45, 7) is 1.39. The highest BCUT2D eigenvalue weighted by Crippen LogP contribution is 2.16. The van der Waals surface area contributed by atoms with E-state index in [1.54, 1.807) is 31.2 Å². The van der Waals surface area contributed by atoms with Crippen LogP contribution in [0.3, 0.4) is 0 Å². The Balaban J connectivity index is 1.62. The highest BCUT2D eigenvalue weighted by molar-refractivity contribution is 7.15. The topological polar surface area (TPSA) is 120 Å². The summed E-state index contributed by atoms with van der Waals surface area (Å²) in [4.78, 5) is 35.2. The lowest BCUT2D eigenvalue weighted by atomic mass is 10.2. The van der Waals surface area contributed by atoms with Crippen LogP contribution in [-0.4, -0.2) is 41.7 Å². The van der Waals surface area contributed by atoms with E-state index in [-0.39, 0.29) is 18.7 Å². The fraction of sp³-hybridized carbons (Fsp3) is 0.353. The van der Waals surface area contributed by atoms with Gasteiger partial charge in [-0.05, 0) is 25.5 Å². The van der Waals surface area contributed by atoms with Crippen molar-refractivity contribution in [1.82, 2.24) is 10.2 Å². The maximum Gasteiger partial charge on any atom is 0.306 e. The van der Waals surface area contributed by atoms with Gasteiger partial charge in [0.15, 0.2) is 6.61 Å². The molecule has 2 N–H and O–H groups in total. The Bertz CT molecular complexity index is 808. The van der Waals surface area contributed by atoms with Crippen molar-refractivity contribution < 1.29 is 23.9 Å². The van der Waals surface area contributed by atoms with Gasteiger partial charge >= 0.3 is 5.97 Å². The molecular weight excluding hydrogens is 372 g/mol. The number of rotatable bonds is 9. The van der Waals surface area contributed by atoms with Crippen molar-refractivity contribution in [3.05, 3.63) is 29.3 Å². The first-order chi connectivity index (χ1) is 13.0. The molecule has 1 heterocycles. The lowest BCUT2D eigenvalue weighted by Crippen LogP contribution is -2.21. The maximum atomic E-state index is 11.8. The van der Waals surface area contributed by atoms with Gasteiger partial charge in [-0.1, -0.05) is 17.4 Å². The Morgan fingerprint density at radius 3 is 2.63 bits per heavy atom. The summed E-state index contributed by atoms with van der Waals surface area (Å²) in [5.74, 6) is -0.655. The fourth-order valence-corrected chi connectivity index (χ4v) is 2.65. The van der Waals surface area contributed by atoms with Crippen LogP contribution in [0.5, 0.6) is 5.75 Å². The molecule has 0 aliphatic carbocycles. The largest absolute Gasteiger partial charge is 0.497 e. The summed E-state index contributed by atoms with van der Waals surface area (Å²) in [7, 11) is 1.53. The van der Waals surface area contributed by atoms with Crippen LogP contribution in [-0.2, 0) is 19.1 Å². The summed E-state index contributed by atoms with van der Waals surface area (Å²) in [6.07, 6.45) is 0.485. The van der Waals surface area contributed by atoms with E-state index in [9.17, 15) is 14.4 Å². The minimum atomic E-state index is -0.546. The third kappa shape index (κ3) is 7.40. The Hall–Kier alpha value is -3.01. The number of carbonyl (C=O) groups excluding carboxylic acids is 3. The molecule has 0 saturated carbocycles. The van der Waals surface area contributed by atoms with E-state index in [0.717, 1.165) is 5.01 Å². The number of amides is 2. The molecule has 2 amide bonds. The van der Waals surface area contributed by atoms with E-state index in [2.05, 4.69) is 20.8 Å². The number of methoxy groups -OCH3 is 1. The summed E-state index contributed by atoms with van der Waals surface area (Å²) in [5.41, 5.74) is 0.541. The number of nitrogens with zero attached hydrogens (tertiary/aromatic N) is 2. The van der Waals surface area contributed by atoms with Crippen LogP contribution in [0, 0.1) is 6.92 Å². The average Bonchev–Trinajstić information content (AvgIpc) is 3.04. The van der Waals surface area contributed by atoms with Crippen LogP contribution in [0.1, 0.15) is 24.3 Å².